The molecule has 4 aromatic rings. The summed E-state index contributed by atoms with van der Waals surface area (Å²) in [5, 5.41) is 7.10. The Kier molecular flexibility index (Phi) is 5.21. The van der Waals surface area contributed by atoms with E-state index in [1.807, 2.05) is 54.6 Å². The second-order valence-corrected chi connectivity index (χ2v) is 6.53. The zero-order chi connectivity index (χ0) is 19.3. The van der Waals surface area contributed by atoms with Crippen molar-refractivity contribution in [3.05, 3.63) is 71.5 Å². The van der Waals surface area contributed by atoms with E-state index in [4.69, 9.17) is 16.0 Å². The van der Waals surface area contributed by atoms with E-state index in [2.05, 4.69) is 20.6 Å². The number of nitrogens with one attached hydrogen (secondary N) is 2. The number of fused-ring (bicyclic) bond motifs is 1. The summed E-state index contributed by atoms with van der Waals surface area (Å²) < 4.78 is 5.87. The van der Waals surface area contributed by atoms with E-state index in [0.29, 0.717) is 40.7 Å². The summed E-state index contributed by atoms with van der Waals surface area (Å²) in [5.74, 6) is 1.22. The van der Waals surface area contributed by atoms with Crippen LogP contribution < -0.4 is 10.6 Å². The fourth-order valence-corrected chi connectivity index (χ4v) is 3.29. The van der Waals surface area contributed by atoms with Gasteiger partial charge in [-0.25, -0.2) is 9.97 Å². The molecule has 0 aliphatic heterocycles. The van der Waals surface area contributed by atoms with E-state index in [9.17, 15) is 4.79 Å². The van der Waals surface area contributed by atoms with Gasteiger partial charge >= 0.3 is 0 Å². The van der Waals surface area contributed by atoms with Crippen LogP contribution in [0.15, 0.2) is 65.3 Å². The normalized spacial score (nSPS) is 10.8. The van der Waals surface area contributed by atoms with Crippen molar-refractivity contribution >= 4 is 40.6 Å². The molecule has 140 valence electrons. The van der Waals surface area contributed by atoms with Gasteiger partial charge in [0.2, 0.25) is 12.1 Å². The van der Waals surface area contributed by atoms with Gasteiger partial charge in [-0.1, -0.05) is 54.1 Å². The first-order valence-corrected chi connectivity index (χ1v) is 9.15. The van der Waals surface area contributed by atoms with E-state index in [1.165, 1.54) is 6.33 Å². The van der Waals surface area contributed by atoms with E-state index < -0.39 is 0 Å². The van der Waals surface area contributed by atoms with Gasteiger partial charge in [0.05, 0.1) is 0 Å². The van der Waals surface area contributed by atoms with Crippen molar-refractivity contribution in [3.63, 3.8) is 0 Å². The second-order valence-electron chi connectivity index (χ2n) is 6.15. The van der Waals surface area contributed by atoms with Crippen molar-refractivity contribution in [3.8, 4) is 11.3 Å². The number of carbonyl (C=O) groups excluding carboxylic acids is 1. The summed E-state index contributed by atoms with van der Waals surface area (Å²) in [4.78, 5) is 19.0. The molecule has 0 bridgehead atoms. The molecule has 1 amide bonds. The third-order valence-electron chi connectivity index (χ3n) is 4.35. The lowest BCUT2D eigenvalue weighted by atomic mass is 10.1. The molecule has 2 N–H and O–H groups in total. The monoisotopic (exact) mass is 392 g/mol. The van der Waals surface area contributed by atoms with E-state index in [1.54, 1.807) is 0 Å². The Labute approximate surface area is 166 Å². The fraction of sp³-hybridized carbons (Fsp3) is 0.0952. The van der Waals surface area contributed by atoms with Gasteiger partial charge in [0, 0.05) is 17.8 Å². The molecule has 6 nitrogen and oxygen atoms in total. The Balaban J connectivity index is 1.52. The van der Waals surface area contributed by atoms with E-state index in [-0.39, 0.29) is 0 Å². The van der Waals surface area contributed by atoms with Gasteiger partial charge in [0.1, 0.15) is 22.6 Å². The van der Waals surface area contributed by atoms with Crippen LogP contribution in [0.1, 0.15) is 5.56 Å². The molecular weight excluding hydrogens is 376 g/mol. The van der Waals surface area contributed by atoms with Crippen molar-refractivity contribution in [2.45, 2.75) is 6.42 Å². The Bertz CT molecular complexity index is 1090. The first-order chi connectivity index (χ1) is 13.8. The number of furan rings is 1. The summed E-state index contributed by atoms with van der Waals surface area (Å²) in [6.45, 7) is 0.661. The van der Waals surface area contributed by atoms with Crippen molar-refractivity contribution in [1.82, 2.24) is 9.97 Å². The summed E-state index contributed by atoms with van der Waals surface area (Å²) in [5.41, 5.74) is 3.24. The minimum Gasteiger partial charge on any atom is -0.436 e. The lowest BCUT2D eigenvalue weighted by Crippen LogP contribution is -2.07. The standard InChI is InChI=1S/C21H17ClN4O2/c22-18-17-20(23-11-10-14-6-8-16(9-7-14)26-13-27)24-12-25-21(17)28-19(18)15-4-2-1-3-5-15/h1-9,12-13H,10-11H2,(H,26,27)(H,23,24,25). The number of amides is 1. The van der Waals surface area contributed by atoms with Crippen molar-refractivity contribution in [2.24, 2.45) is 0 Å². The van der Waals surface area contributed by atoms with Gasteiger partial charge in [-0.3, -0.25) is 4.79 Å². The molecule has 2 aromatic carbocycles. The van der Waals surface area contributed by atoms with Crippen LogP contribution in [0.4, 0.5) is 11.5 Å². The zero-order valence-electron chi connectivity index (χ0n) is 14.9. The first-order valence-electron chi connectivity index (χ1n) is 8.77. The van der Waals surface area contributed by atoms with Crippen LogP contribution in [-0.4, -0.2) is 22.9 Å². The Morgan fingerprint density at radius 2 is 1.82 bits per heavy atom. The number of halogens is 1. The molecule has 0 spiro atoms. The van der Waals surface area contributed by atoms with Gasteiger partial charge in [-0.15, -0.1) is 0 Å². The van der Waals surface area contributed by atoms with Crippen LogP contribution in [0, 0.1) is 0 Å². The molecule has 4 rings (SSSR count). The summed E-state index contributed by atoms with van der Waals surface area (Å²) >= 11 is 6.59. The van der Waals surface area contributed by atoms with Gasteiger partial charge in [-0.05, 0) is 24.1 Å². The Morgan fingerprint density at radius 1 is 1.04 bits per heavy atom. The summed E-state index contributed by atoms with van der Waals surface area (Å²) in [7, 11) is 0. The average molecular weight is 393 g/mol. The number of rotatable bonds is 7. The predicted molar refractivity (Wildman–Crippen MR) is 111 cm³/mol. The maximum atomic E-state index is 10.5. The lowest BCUT2D eigenvalue weighted by Gasteiger charge is -2.07. The van der Waals surface area contributed by atoms with E-state index in [0.717, 1.165) is 23.2 Å². The van der Waals surface area contributed by atoms with Crippen LogP contribution in [0.3, 0.4) is 0 Å². The highest BCUT2D eigenvalue weighted by Crippen LogP contribution is 2.39. The average Bonchev–Trinajstić information content (AvgIpc) is 3.08. The highest BCUT2D eigenvalue weighted by atomic mass is 35.5. The molecule has 0 atom stereocenters. The van der Waals surface area contributed by atoms with Crippen LogP contribution in [-0.2, 0) is 11.2 Å². The van der Waals surface area contributed by atoms with Crippen molar-refractivity contribution in [1.29, 1.82) is 0 Å². The molecule has 7 heteroatoms. The number of hydrogen-bond acceptors (Lipinski definition) is 5. The highest BCUT2D eigenvalue weighted by Gasteiger charge is 2.18. The smallest absolute Gasteiger partial charge is 0.233 e. The van der Waals surface area contributed by atoms with Crippen LogP contribution >= 0.6 is 11.6 Å². The third kappa shape index (κ3) is 3.68. The molecule has 0 unspecified atom stereocenters. The van der Waals surface area contributed by atoms with Crippen LogP contribution in [0.25, 0.3) is 22.4 Å². The largest absolute Gasteiger partial charge is 0.436 e. The third-order valence-corrected chi connectivity index (χ3v) is 4.71. The number of anilines is 2. The lowest BCUT2D eigenvalue weighted by molar-refractivity contribution is -0.105. The molecule has 0 fully saturated rings. The Hall–Kier alpha value is -3.38. The fourth-order valence-electron chi connectivity index (χ4n) is 2.97. The van der Waals surface area contributed by atoms with Crippen LogP contribution in [0.2, 0.25) is 5.02 Å². The van der Waals surface area contributed by atoms with E-state index >= 15 is 0 Å². The molecule has 0 aliphatic rings. The number of hydrogen-bond donors (Lipinski definition) is 2. The minimum absolute atomic E-state index is 0.450. The maximum absolute atomic E-state index is 10.5. The molecule has 0 radical (unpaired) electrons. The number of benzene rings is 2. The molecular formula is C21H17ClN4O2. The quantitative estimate of drug-likeness (QED) is 0.443. The van der Waals surface area contributed by atoms with Gasteiger partial charge in [0.15, 0.2) is 5.76 Å². The first kappa shape index (κ1) is 18.0. The number of aromatic nitrogens is 2. The number of carbonyl (C=O) groups is 1. The molecule has 0 aliphatic carbocycles. The Morgan fingerprint density at radius 3 is 2.57 bits per heavy atom. The van der Waals surface area contributed by atoms with Gasteiger partial charge in [0.25, 0.3) is 0 Å². The second kappa shape index (κ2) is 8.10. The summed E-state index contributed by atoms with van der Waals surface area (Å²) in [6, 6.07) is 17.4. The van der Waals surface area contributed by atoms with Gasteiger partial charge in [-0.2, -0.15) is 0 Å². The predicted octanol–water partition coefficient (Wildman–Crippen LogP) is 4.77. The van der Waals surface area contributed by atoms with Crippen molar-refractivity contribution < 1.29 is 9.21 Å². The number of nitrogens with zero attached hydrogens (tertiary/aromatic N) is 2. The van der Waals surface area contributed by atoms with Gasteiger partial charge < -0.3 is 15.1 Å². The molecule has 0 saturated heterocycles. The molecule has 28 heavy (non-hydrogen) atoms. The maximum Gasteiger partial charge on any atom is 0.233 e. The molecule has 2 heterocycles. The highest BCUT2D eigenvalue weighted by molar-refractivity contribution is 6.38. The minimum atomic E-state index is 0.450. The topological polar surface area (TPSA) is 80.0 Å². The SMILES string of the molecule is O=CNc1ccc(CCNc2ncnc3oc(-c4ccccc4)c(Cl)c23)cc1. The summed E-state index contributed by atoms with van der Waals surface area (Å²) in [6.07, 6.45) is 2.91. The van der Waals surface area contributed by atoms with Crippen molar-refractivity contribution in [2.75, 3.05) is 17.2 Å². The molecule has 0 saturated carbocycles. The molecule has 2 aromatic heterocycles. The zero-order valence-corrected chi connectivity index (χ0v) is 15.6. The van der Waals surface area contributed by atoms with Crippen LogP contribution in [0.5, 0.6) is 0 Å².